The van der Waals surface area contributed by atoms with Gasteiger partial charge in [-0.15, -0.1) is 11.6 Å². The summed E-state index contributed by atoms with van der Waals surface area (Å²) < 4.78 is 5.80. The van der Waals surface area contributed by atoms with Gasteiger partial charge >= 0.3 is 0 Å². The van der Waals surface area contributed by atoms with Gasteiger partial charge in [-0.25, -0.2) is 4.98 Å². The zero-order valence-corrected chi connectivity index (χ0v) is 10.6. The Morgan fingerprint density at radius 2 is 2.06 bits per heavy atom. The summed E-state index contributed by atoms with van der Waals surface area (Å²) >= 11 is 11.8. The molecule has 16 heavy (non-hydrogen) atoms. The lowest BCUT2D eigenvalue weighted by Crippen LogP contribution is -2.20. The molecule has 1 aromatic heterocycles. The summed E-state index contributed by atoms with van der Waals surface area (Å²) in [4.78, 5) is 4.20. The van der Waals surface area contributed by atoms with Crippen molar-refractivity contribution in [3.63, 3.8) is 0 Å². The van der Waals surface area contributed by atoms with Crippen molar-refractivity contribution >= 4 is 23.2 Å². The first-order valence-corrected chi connectivity index (χ1v) is 6.58. The van der Waals surface area contributed by atoms with Crippen molar-refractivity contribution in [1.29, 1.82) is 0 Å². The van der Waals surface area contributed by atoms with Gasteiger partial charge in [0.15, 0.2) is 0 Å². The van der Waals surface area contributed by atoms with Crippen molar-refractivity contribution in [2.24, 2.45) is 0 Å². The lowest BCUT2D eigenvalue weighted by Gasteiger charge is -2.22. The van der Waals surface area contributed by atoms with E-state index in [-0.39, 0.29) is 6.10 Å². The van der Waals surface area contributed by atoms with Gasteiger partial charge in [0.1, 0.15) is 11.1 Å². The molecule has 88 valence electrons. The Morgan fingerprint density at radius 3 is 2.69 bits per heavy atom. The molecule has 0 bridgehead atoms. The normalized spacial score (nSPS) is 17.4. The highest BCUT2D eigenvalue weighted by Gasteiger charge is 2.16. The molecule has 1 saturated carbocycles. The third kappa shape index (κ3) is 3.02. The molecule has 0 N–H and O–H groups in total. The largest absolute Gasteiger partial charge is 0.473 e. The Morgan fingerprint density at radius 1 is 1.31 bits per heavy atom. The zero-order valence-electron chi connectivity index (χ0n) is 9.09. The maximum absolute atomic E-state index is 6.08. The average molecular weight is 260 g/mol. The maximum atomic E-state index is 6.08. The summed E-state index contributed by atoms with van der Waals surface area (Å²) in [5.41, 5.74) is 0.919. The van der Waals surface area contributed by atoms with Gasteiger partial charge in [-0.2, -0.15) is 0 Å². The number of pyridine rings is 1. The zero-order chi connectivity index (χ0) is 11.4. The van der Waals surface area contributed by atoms with Crippen LogP contribution in [0.15, 0.2) is 12.3 Å². The van der Waals surface area contributed by atoms with Gasteiger partial charge in [-0.05, 0) is 37.3 Å². The minimum atomic E-state index is 0.278. The minimum absolute atomic E-state index is 0.278. The number of alkyl halides is 1. The van der Waals surface area contributed by atoms with Crippen LogP contribution in [0.2, 0.25) is 5.02 Å². The predicted molar refractivity (Wildman–Crippen MR) is 66.3 cm³/mol. The third-order valence-corrected chi connectivity index (χ3v) is 3.43. The van der Waals surface area contributed by atoms with Crippen LogP contribution in [0.1, 0.15) is 37.7 Å². The number of rotatable bonds is 3. The molecule has 1 aliphatic rings. The molecule has 2 rings (SSSR count). The SMILES string of the molecule is ClCc1cnc(OC2CCCCC2)c(Cl)c1. The van der Waals surface area contributed by atoms with Crippen molar-refractivity contribution in [3.8, 4) is 5.88 Å². The molecule has 0 spiro atoms. The van der Waals surface area contributed by atoms with Gasteiger partial charge in [0.05, 0.1) is 0 Å². The van der Waals surface area contributed by atoms with Crippen molar-refractivity contribution in [1.82, 2.24) is 4.98 Å². The molecule has 2 nitrogen and oxygen atoms in total. The van der Waals surface area contributed by atoms with Gasteiger partial charge in [0, 0.05) is 12.1 Å². The molecule has 1 fully saturated rings. The van der Waals surface area contributed by atoms with Crippen molar-refractivity contribution in [2.75, 3.05) is 0 Å². The van der Waals surface area contributed by atoms with Gasteiger partial charge in [0.25, 0.3) is 0 Å². The summed E-state index contributed by atoms with van der Waals surface area (Å²) in [6.07, 6.45) is 8.00. The van der Waals surface area contributed by atoms with Crippen LogP contribution < -0.4 is 4.74 Å². The number of nitrogens with zero attached hydrogens (tertiary/aromatic N) is 1. The van der Waals surface area contributed by atoms with E-state index in [1.165, 1.54) is 19.3 Å². The Kier molecular flexibility index (Phi) is 4.30. The van der Waals surface area contributed by atoms with E-state index < -0.39 is 0 Å². The smallest absolute Gasteiger partial charge is 0.232 e. The quantitative estimate of drug-likeness (QED) is 0.760. The Hall–Kier alpha value is -0.470. The summed E-state index contributed by atoms with van der Waals surface area (Å²) in [5, 5.41) is 0.559. The van der Waals surface area contributed by atoms with E-state index in [0.29, 0.717) is 16.8 Å². The molecule has 0 radical (unpaired) electrons. The van der Waals surface area contributed by atoms with Crippen molar-refractivity contribution in [2.45, 2.75) is 44.1 Å². The van der Waals surface area contributed by atoms with Crippen LogP contribution in [0, 0.1) is 0 Å². The average Bonchev–Trinajstić information content (AvgIpc) is 2.33. The number of halogens is 2. The van der Waals surface area contributed by atoms with Gasteiger partial charge in [-0.1, -0.05) is 18.0 Å². The van der Waals surface area contributed by atoms with Gasteiger partial charge in [0.2, 0.25) is 5.88 Å². The molecule has 0 atom stereocenters. The first-order valence-electron chi connectivity index (χ1n) is 5.66. The molecule has 1 aliphatic carbocycles. The molecule has 1 heterocycles. The molecule has 0 aromatic carbocycles. The molecule has 4 heteroatoms. The van der Waals surface area contributed by atoms with E-state index in [4.69, 9.17) is 27.9 Å². The monoisotopic (exact) mass is 259 g/mol. The second-order valence-corrected chi connectivity index (χ2v) is 4.82. The molecular weight excluding hydrogens is 245 g/mol. The Labute approximate surface area is 106 Å². The first-order chi connectivity index (χ1) is 7.79. The van der Waals surface area contributed by atoms with E-state index >= 15 is 0 Å². The summed E-state index contributed by atoms with van der Waals surface area (Å²) in [7, 11) is 0. The lowest BCUT2D eigenvalue weighted by molar-refractivity contribution is 0.149. The van der Waals surface area contributed by atoms with Crippen LogP contribution in [0.25, 0.3) is 0 Å². The van der Waals surface area contributed by atoms with E-state index in [0.717, 1.165) is 18.4 Å². The fraction of sp³-hybridized carbons (Fsp3) is 0.583. The Balaban J connectivity index is 2.03. The van der Waals surface area contributed by atoms with Crippen LogP contribution in [0.3, 0.4) is 0 Å². The standard InChI is InChI=1S/C12H15Cl2NO/c13-7-9-6-11(14)12(15-8-9)16-10-4-2-1-3-5-10/h6,8,10H,1-5,7H2. The fourth-order valence-corrected chi connectivity index (χ4v) is 2.35. The highest BCUT2D eigenvalue weighted by atomic mass is 35.5. The number of hydrogen-bond donors (Lipinski definition) is 0. The number of aromatic nitrogens is 1. The van der Waals surface area contributed by atoms with Gasteiger partial charge in [-0.3, -0.25) is 0 Å². The van der Waals surface area contributed by atoms with Crippen LogP contribution in [0.4, 0.5) is 0 Å². The fourth-order valence-electron chi connectivity index (χ4n) is 1.97. The van der Waals surface area contributed by atoms with Crippen LogP contribution in [-0.4, -0.2) is 11.1 Å². The first kappa shape index (κ1) is 12.0. The van der Waals surface area contributed by atoms with Crippen LogP contribution in [-0.2, 0) is 5.88 Å². The molecular formula is C12H15Cl2NO. The molecule has 1 aromatic rings. The van der Waals surface area contributed by atoms with E-state index in [1.807, 2.05) is 6.07 Å². The number of hydrogen-bond acceptors (Lipinski definition) is 2. The highest BCUT2D eigenvalue weighted by Crippen LogP contribution is 2.28. The van der Waals surface area contributed by atoms with Crippen LogP contribution >= 0.6 is 23.2 Å². The molecule has 0 saturated heterocycles. The molecule has 0 aliphatic heterocycles. The van der Waals surface area contributed by atoms with Gasteiger partial charge < -0.3 is 4.74 Å². The van der Waals surface area contributed by atoms with E-state index in [9.17, 15) is 0 Å². The summed E-state index contributed by atoms with van der Waals surface area (Å²) in [6.45, 7) is 0. The Bertz CT molecular complexity index is 351. The van der Waals surface area contributed by atoms with E-state index in [2.05, 4.69) is 4.98 Å². The summed E-state index contributed by atoms with van der Waals surface area (Å²) in [6, 6.07) is 1.82. The highest BCUT2D eigenvalue weighted by molar-refractivity contribution is 6.32. The van der Waals surface area contributed by atoms with E-state index in [1.54, 1.807) is 6.20 Å². The second-order valence-electron chi connectivity index (χ2n) is 4.14. The maximum Gasteiger partial charge on any atom is 0.232 e. The molecule has 0 amide bonds. The number of ether oxygens (including phenoxy) is 1. The third-order valence-electron chi connectivity index (χ3n) is 2.85. The van der Waals surface area contributed by atoms with Crippen LogP contribution in [0.5, 0.6) is 5.88 Å². The van der Waals surface area contributed by atoms with Crippen molar-refractivity contribution in [3.05, 3.63) is 22.8 Å². The topological polar surface area (TPSA) is 22.1 Å². The lowest BCUT2D eigenvalue weighted by atomic mass is 9.98. The minimum Gasteiger partial charge on any atom is -0.473 e. The predicted octanol–water partition coefficient (Wildman–Crippen LogP) is 4.19. The van der Waals surface area contributed by atoms with Crippen molar-refractivity contribution < 1.29 is 4.74 Å². The molecule has 0 unspecified atom stereocenters. The second kappa shape index (κ2) is 5.74. The summed E-state index contributed by atoms with van der Waals surface area (Å²) in [5.74, 6) is 0.971.